The molecule has 0 spiro atoms. The van der Waals surface area contributed by atoms with Gasteiger partial charge in [-0.2, -0.15) is 4.73 Å². The third-order valence-corrected chi connectivity index (χ3v) is 5.94. The molecule has 1 heterocycles. The van der Waals surface area contributed by atoms with Crippen LogP contribution < -0.4 is 5.30 Å². The second-order valence-corrected chi connectivity index (χ2v) is 7.18. The van der Waals surface area contributed by atoms with Crippen LogP contribution in [0, 0.1) is 0 Å². The number of para-hydroxylation sites is 1. The van der Waals surface area contributed by atoms with Crippen LogP contribution in [0.3, 0.4) is 0 Å². The molecular formula is C18H20NO4P. The summed E-state index contributed by atoms with van der Waals surface area (Å²) >= 11 is 0. The van der Waals surface area contributed by atoms with Crippen LogP contribution in [0.4, 0.5) is 0 Å². The summed E-state index contributed by atoms with van der Waals surface area (Å²) in [7, 11) is -3.58. The van der Waals surface area contributed by atoms with E-state index < -0.39 is 7.60 Å². The van der Waals surface area contributed by atoms with E-state index in [1.807, 2.05) is 48.5 Å². The Balaban J connectivity index is 2.39. The molecule has 2 aromatic carbocycles. The van der Waals surface area contributed by atoms with Gasteiger partial charge in [0.25, 0.3) is 0 Å². The molecule has 5 nitrogen and oxygen atoms in total. The predicted octanol–water partition coefficient (Wildman–Crippen LogP) is 4.44. The minimum absolute atomic E-state index is 0.246. The van der Waals surface area contributed by atoms with Crippen molar-refractivity contribution in [3.8, 4) is 11.3 Å². The largest absolute Gasteiger partial charge is 0.428 e. The van der Waals surface area contributed by atoms with Gasteiger partial charge in [-0.15, -0.1) is 0 Å². The molecule has 0 saturated carbocycles. The lowest BCUT2D eigenvalue weighted by molar-refractivity contribution is 0.204. The first-order valence-corrected chi connectivity index (χ1v) is 9.44. The molecule has 6 heteroatoms. The predicted molar refractivity (Wildman–Crippen MR) is 95.1 cm³/mol. The number of hydrogen-bond acceptors (Lipinski definition) is 4. The summed E-state index contributed by atoms with van der Waals surface area (Å²) in [5.74, 6) is 0. The van der Waals surface area contributed by atoms with Crippen molar-refractivity contribution < 1.29 is 18.8 Å². The molecule has 0 saturated heterocycles. The Kier molecular flexibility index (Phi) is 4.76. The van der Waals surface area contributed by atoms with Gasteiger partial charge in [-0.1, -0.05) is 48.5 Å². The summed E-state index contributed by atoms with van der Waals surface area (Å²) in [6.45, 7) is 4.03. The molecule has 0 aliphatic rings. The van der Waals surface area contributed by atoms with Crippen molar-refractivity contribution in [3.05, 3.63) is 54.6 Å². The van der Waals surface area contributed by atoms with Gasteiger partial charge in [-0.3, -0.25) is 4.57 Å². The van der Waals surface area contributed by atoms with Gasteiger partial charge < -0.3 is 14.3 Å². The summed E-state index contributed by atoms with van der Waals surface area (Å²) in [6.07, 6.45) is 0. The van der Waals surface area contributed by atoms with Crippen molar-refractivity contribution in [2.75, 3.05) is 13.2 Å². The molecule has 0 aliphatic heterocycles. The highest BCUT2D eigenvalue weighted by Crippen LogP contribution is 2.51. The van der Waals surface area contributed by atoms with Crippen LogP contribution in [0.1, 0.15) is 13.8 Å². The van der Waals surface area contributed by atoms with Gasteiger partial charge in [-0.05, 0) is 19.9 Å². The molecule has 0 aliphatic carbocycles. The third kappa shape index (κ3) is 2.75. The maximum absolute atomic E-state index is 13.5. The van der Waals surface area contributed by atoms with Crippen LogP contribution in [-0.4, -0.2) is 23.2 Å². The Morgan fingerprint density at radius 3 is 2.17 bits per heavy atom. The highest BCUT2D eigenvalue weighted by Gasteiger charge is 2.36. The zero-order chi connectivity index (χ0) is 17.2. The molecule has 126 valence electrons. The molecule has 0 unspecified atom stereocenters. The average molecular weight is 345 g/mol. The van der Waals surface area contributed by atoms with E-state index in [1.54, 1.807) is 19.9 Å². The van der Waals surface area contributed by atoms with E-state index in [2.05, 4.69) is 0 Å². The maximum atomic E-state index is 13.5. The Morgan fingerprint density at radius 2 is 1.54 bits per heavy atom. The number of aromatic nitrogens is 1. The molecule has 0 atom stereocenters. The van der Waals surface area contributed by atoms with E-state index in [0.29, 0.717) is 21.9 Å². The average Bonchev–Trinajstić information content (AvgIpc) is 2.90. The summed E-state index contributed by atoms with van der Waals surface area (Å²) in [5, 5.41) is 11.8. The van der Waals surface area contributed by atoms with Gasteiger partial charge >= 0.3 is 7.60 Å². The number of rotatable bonds is 6. The number of hydrogen-bond donors (Lipinski definition) is 1. The Hall–Kier alpha value is -2.07. The fourth-order valence-corrected chi connectivity index (χ4v) is 4.83. The SMILES string of the molecule is CCOP(=O)(OCC)c1c(-c2ccccc2)n(O)c2ccccc12. The van der Waals surface area contributed by atoms with E-state index in [1.165, 1.54) is 0 Å². The smallest absolute Gasteiger partial charge is 0.364 e. The fraction of sp³-hybridized carbons (Fsp3) is 0.222. The van der Waals surface area contributed by atoms with Crippen molar-refractivity contribution in [2.24, 2.45) is 0 Å². The molecule has 3 rings (SSSR count). The lowest BCUT2D eigenvalue weighted by atomic mass is 10.1. The Morgan fingerprint density at radius 1 is 0.958 bits per heavy atom. The van der Waals surface area contributed by atoms with E-state index in [0.717, 1.165) is 10.3 Å². The molecule has 0 fully saturated rings. The minimum Gasteiger partial charge on any atom is -0.428 e. The van der Waals surface area contributed by atoms with Crippen LogP contribution in [0.15, 0.2) is 54.6 Å². The monoisotopic (exact) mass is 345 g/mol. The first-order valence-electron chi connectivity index (χ1n) is 7.90. The van der Waals surface area contributed by atoms with E-state index >= 15 is 0 Å². The molecule has 0 bridgehead atoms. The van der Waals surface area contributed by atoms with Gasteiger partial charge in [0.15, 0.2) is 0 Å². The maximum Gasteiger partial charge on any atom is 0.364 e. The van der Waals surface area contributed by atoms with Gasteiger partial charge in [0.1, 0.15) is 11.0 Å². The van der Waals surface area contributed by atoms with Crippen molar-refractivity contribution in [1.82, 2.24) is 4.73 Å². The highest BCUT2D eigenvalue weighted by molar-refractivity contribution is 7.63. The van der Waals surface area contributed by atoms with Crippen LogP contribution in [0.2, 0.25) is 0 Å². The van der Waals surface area contributed by atoms with Crippen LogP contribution in [-0.2, 0) is 13.6 Å². The molecule has 1 N–H and O–H groups in total. The second-order valence-electron chi connectivity index (χ2n) is 5.23. The van der Waals surface area contributed by atoms with Crippen LogP contribution in [0.5, 0.6) is 0 Å². The zero-order valence-electron chi connectivity index (χ0n) is 13.7. The van der Waals surface area contributed by atoms with Crippen LogP contribution >= 0.6 is 7.60 Å². The van der Waals surface area contributed by atoms with Crippen molar-refractivity contribution in [1.29, 1.82) is 0 Å². The molecular weight excluding hydrogens is 325 g/mol. The van der Waals surface area contributed by atoms with Crippen molar-refractivity contribution in [2.45, 2.75) is 13.8 Å². The fourth-order valence-electron chi connectivity index (χ4n) is 2.85. The van der Waals surface area contributed by atoms with Gasteiger partial charge in [0, 0.05) is 10.9 Å². The highest BCUT2D eigenvalue weighted by atomic mass is 31.2. The van der Waals surface area contributed by atoms with Gasteiger partial charge in [0.2, 0.25) is 0 Å². The summed E-state index contributed by atoms with van der Waals surface area (Å²) in [6, 6.07) is 16.6. The normalized spacial score (nSPS) is 11.9. The van der Waals surface area contributed by atoms with Gasteiger partial charge in [0.05, 0.1) is 18.7 Å². The third-order valence-electron chi connectivity index (χ3n) is 3.74. The summed E-state index contributed by atoms with van der Waals surface area (Å²) in [5.41, 5.74) is 1.74. The van der Waals surface area contributed by atoms with E-state index in [-0.39, 0.29) is 13.2 Å². The molecule has 24 heavy (non-hydrogen) atoms. The first-order chi connectivity index (χ1) is 11.6. The molecule has 0 amide bonds. The zero-order valence-corrected chi connectivity index (χ0v) is 14.6. The second kappa shape index (κ2) is 6.81. The molecule has 1 aromatic heterocycles. The lowest BCUT2D eigenvalue weighted by Crippen LogP contribution is -2.13. The molecule has 0 radical (unpaired) electrons. The van der Waals surface area contributed by atoms with Crippen molar-refractivity contribution in [3.63, 3.8) is 0 Å². The molecule has 3 aromatic rings. The number of benzene rings is 2. The van der Waals surface area contributed by atoms with Crippen molar-refractivity contribution >= 4 is 23.8 Å². The lowest BCUT2D eigenvalue weighted by Gasteiger charge is -2.18. The number of nitrogens with zero attached hydrogens (tertiary/aromatic N) is 1. The topological polar surface area (TPSA) is 60.7 Å². The number of fused-ring (bicyclic) bond motifs is 1. The van der Waals surface area contributed by atoms with E-state index in [9.17, 15) is 9.77 Å². The summed E-state index contributed by atoms with van der Waals surface area (Å²) in [4.78, 5) is 0. The Bertz CT molecular complexity index is 879. The first kappa shape index (κ1) is 16.8. The van der Waals surface area contributed by atoms with Crippen LogP contribution in [0.25, 0.3) is 22.2 Å². The summed E-state index contributed by atoms with van der Waals surface area (Å²) < 4.78 is 25.6. The standard InChI is InChI=1S/C18H20NO4P/c1-3-22-24(21,23-4-2)18-15-12-8-9-13-16(15)19(20)17(18)14-10-6-5-7-11-14/h5-13,20H,3-4H2,1-2H3. The van der Waals surface area contributed by atoms with Gasteiger partial charge in [-0.25, -0.2) is 0 Å². The quantitative estimate of drug-likeness (QED) is 0.530. The van der Waals surface area contributed by atoms with E-state index in [4.69, 9.17) is 9.05 Å². The Labute approximate surface area is 140 Å². The minimum atomic E-state index is -3.58.